The molecule has 1 aliphatic heterocycles. The van der Waals surface area contributed by atoms with Gasteiger partial charge in [0.05, 0.1) is 12.1 Å². The SMILES string of the molecule is O=C1NCCCCCCCCNC(=O)[C@H](Cc2ccccc2)NCc2cccc(c2)CN[C@H]1Cc1ccccc1. The van der Waals surface area contributed by atoms with Crippen molar-refractivity contribution in [3.8, 4) is 0 Å². The molecular formula is C34H44N4O2. The van der Waals surface area contributed by atoms with Crippen LogP contribution in [0.2, 0.25) is 0 Å². The summed E-state index contributed by atoms with van der Waals surface area (Å²) in [5.41, 5.74) is 4.50. The summed E-state index contributed by atoms with van der Waals surface area (Å²) in [4.78, 5) is 26.3. The fraction of sp³-hybridized carbons (Fsp3) is 0.412. The van der Waals surface area contributed by atoms with Gasteiger partial charge in [0, 0.05) is 26.2 Å². The molecule has 1 heterocycles. The molecule has 3 aromatic carbocycles. The Hall–Kier alpha value is -3.48. The van der Waals surface area contributed by atoms with Gasteiger partial charge in [-0.1, -0.05) is 111 Å². The minimum Gasteiger partial charge on any atom is -0.355 e. The van der Waals surface area contributed by atoms with Gasteiger partial charge in [-0.25, -0.2) is 0 Å². The lowest BCUT2D eigenvalue weighted by Gasteiger charge is -2.20. The molecule has 212 valence electrons. The van der Waals surface area contributed by atoms with Crippen LogP contribution in [0.1, 0.15) is 60.8 Å². The molecule has 0 radical (unpaired) electrons. The average Bonchev–Trinajstić information content (AvgIpc) is 2.99. The second kappa shape index (κ2) is 16.6. The lowest BCUT2D eigenvalue weighted by Crippen LogP contribution is -2.45. The second-order valence-electron chi connectivity index (χ2n) is 10.8. The molecule has 0 spiro atoms. The quantitative estimate of drug-likeness (QED) is 0.388. The van der Waals surface area contributed by atoms with Crippen molar-refractivity contribution in [3.63, 3.8) is 0 Å². The fourth-order valence-corrected chi connectivity index (χ4v) is 5.17. The first-order chi connectivity index (χ1) is 19.7. The van der Waals surface area contributed by atoms with Crippen LogP contribution in [0, 0.1) is 0 Å². The van der Waals surface area contributed by atoms with Gasteiger partial charge in [0.15, 0.2) is 0 Å². The van der Waals surface area contributed by atoms with E-state index in [2.05, 4.69) is 63.7 Å². The van der Waals surface area contributed by atoms with Gasteiger partial charge in [-0.3, -0.25) is 9.59 Å². The highest BCUT2D eigenvalue weighted by Gasteiger charge is 2.20. The first-order valence-electron chi connectivity index (χ1n) is 14.9. The van der Waals surface area contributed by atoms with Gasteiger partial charge in [-0.15, -0.1) is 0 Å². The number of fused-ring (bicyclic) bond motifs is 2. The standard InChI is InChI=1S/C34H44N4O2/c39-33-31(23-27-14-7-5-8-15-27)37-25-29-18-13-19-30(22-29)26-38-32(24-28-16-9-6-10-17-28)34(40)36-21-12-4-2-1-3-11-20-35-33/h5-10,13-19,22,31-32,37-38H,1-4,11-12,20-21,23-26H2,(H,35,39)(H,36,40)/t31-,32-/m0/s1. The van der Waals surface area contributed by atoms with Crippen molar-refractivity contribution >= 4 is 11.8 Å². The Bertz CT molecular complexity index is 1080. The van der Waals surface area contributed by atoms with Crippen LogP contribution >= 0.6 is 0 Å². The lowest BCUT2D eigenvalue weighted by atomic mass is 10.0. The zero-order valence-electron chi connectivity index (χ0n) is 23.5. The second-order valence-corrected chi connectivity index (χ2v) is 10.8. The van der Waals surface area contributed by atoms with E-state index in [1.165, 1.54) is 0 Å². The van der Waals surface area contributed by atoms with E-state index >= 15 is 0 Å². The maximum atomic E-state index is 13.2. The molecule has 2 amide bonds. The average molecular weight is 541 g/mol. The summed E-state index contributed by atoms with van der Waals surface area (Å²) in [6.07, 6.45) is 7.73. The summed E-state index contributed by atoms with van der Waals surface area (Å²) in [5, 5.41) is 13.3. The third-order valence-electron chi connectivity index (χ3n) is 7.50. The molecule has 0 fully saturated rings. The molecule has 3 aromatic rings. The lowest BCUT2D eigenvalue weighted by molar-refractivity contribution is -0.124. The zero-order valence-corrected chi connectivity index (χ0v) is 23.5. The molecule has 6 heteroatoms. The fourth-order valence-electron chi connectivity index (χ4n) is 5.17. The van der Waals surface area contributed by atoms with Crippen LogP contribution in [0.15, 0.2) is 84.9 Å². The van der Waals surface area contributed by atoms with E-state index in [0.717, 1.165) is 60.8 Å². The number of hydrogen-bond acceptors (Lipinski definition) is 4. The Morgan fingerprint density at radius 3 is 1.40 bits per heavy atom. The van der Waals surface area contributed by atoms with E-state index in [-0.39, 0.29) is 23.9 Å². The van der Waals surface area contributed by atoms with Gasteiger partial charge in [-0.05, 0) is 47.9 Å². The summed E-state index contributed by atoms with van der Waals surface area (Å²) in [5.74, 6) is 0.113. The summed E-state index contributed by atoms with van der Waals surface area (Å²) in [7, 11) is 0. The Morgan fingerprint density at radius 1 is 0.525 bits per heavy atom. The van der Waals surface area contributed by atoms with Crippen LogP contribution in [0.4, 0.5) is 0 Å². The summed E-state index contributed by atoms with van der Waals surface area (Å²) in [6.45, 7) is 2.58. The molecule has 0 saturated carbocycles. The Morgan fingerprint density at radius 2 is 0.950 bits per heavy atom. The molecule has 6 nitrogen and oxygen atoms in total. The van der Waals surface area contributed by atoms with E-state index in [1.54, 1.807) is 0 Å². The van der Waals surface area contributed by atoms with E-state index in [0.29, 0.717) is 39.0 Å². The molecule has 0 aromatic heterocycles. The van der Waals surface area contributed by atoms with Gasteiger partial charge >= 0.3 is 0 Å². The monoisotopic (exact) mass is 540 g/mol. The normalized spacial score (nSPS) is 20.5. The van der Waals surface area contributed by atoms with Crippen LogP contribution in [0.3, 0.4) is 0 Å². The smallest absolute Gasteiger partial charge is 0.237 e. The van der Waals surface area contributed by atoms with Gasteiger partial charge in [0.2, 0.25) is 11.8 Å². The minimum absolute atomic E-state index is 0.0564. The Labute approximate surface area is 239 Å². The van der Waals surface area contributed by atoms with E-state index in [4.69, 9.17) is 0 Å². The summed E-state index contributed by atoms with van der Waals surface area (Å²) >= 11 is 0. The molecular weight excluding hydrogens is 496 g/mol. The third kappa shape index (κ3) is 10.2. The van der Waals surface area contributed by atoms with Gasteiger partial charge in [0.25, 0.3) is 0 Å². The van der Waals surface area contributed by atoms with Crippen LogP contribution in [-0.4, -0.2) is 37.0 Å². The zero-order chi connectivity index (χ0) is 27.8. The van der Waals surface area contributed by atoms with Gasteiger partial charge < -0.3 is 21.3 Å². The third-order valence-corrected chi connectivity index (χ3v) is 7.50. The van der Waals surface area contributed by atoms with Crippen molar-refractivity contribution in [1.82, 2.24) is 21.3 Å². The van der Waals surface area contributed by atoms with Crippen LogP contribution in [0.25, 0.3) is 0 Å². The predicted octanol–water partition coefficient (Wildman–Crippen LogP) is 4.68. The molecule has 2 bridgehead atoms. The molecule has 4 rings (SSSR count). The van der Waals surface area contributed by atoms with E-state index in [1.807, 2.05) is 42.5 Å². The number of benzene rings is 3. The van der Waals surface area contributed by atoms with Gasteiger partial charge in [-0.2, -0.15) is 0 Å². The van der Waals surface area contributed by atoms with Crippen molar-refractivity contribution in [2.24, 2.45) is 0 Å². The van der Waals surface area contributed by atoms with E-state index in [9.17, 15) is 9.59 Å². The molecule has 0 aliphatic carbocycles. The van der Waals surface area contributed by atoms with Crippen molar-refractivity contribution in [3.05, 3.63) is 107 Å². The molecule has 0 saturated heterocycles. The highest BCUT2D eigenvalue weighted by Crippen LogP contribution is 2.11. The summed E-state index contributed by atoms with van der Waals surface area (Å²) in [6, 6.07) is 28.1. The van der Waals surface area contributed by atoms with Crippen LogP contribution in [-0.2, 0) is 35.5 Å². The number of nitrogens with one attached hydrogen (secondary N) is 4. The minimum atomic E-state index is -0.308. The first kappa shape index (κ1) is 29.5. The molecule has 0 unspecified atom stereocenters. The topological polar surface area (TPSA) is 82.3 Å². The number of carbonyl (C=O) groups excluding carboxylic acids is 2. The van der Waals surface area contributed by atoms with Gasteiger partial charge in [0.1, 0.15) is 0 Å². The molecule has 4 N–H and O–H groups in total. The number of hydrogen-bond donors (Lipinski definition) is 4. The Balaban J connectivity index is 1.46. The van der Waals surface area contributed by atoms with E-state index < -0.39 is 0 Å². The van der Waals surface area contributed by atoms with Crippen LogP contribution < -0.4 is 21.3 Å². The van der Waals surface area contributed by atoms with Crippen molar-refractivity contribution < 1.29 is 9.59 Å². The first-order valence-corrected chi connectivity index (χ1v) is 14.9. The highest BCUT2D eigenvalue weighted by atomic mass is 16.2. The molecule has 1 aliphatic rings. The maximum Gasteiger partial charge on any atom is 0.237 e. The highest BCUT2D eigenvalue weighted by molar-refractivity contribution is 5.82. The maximum absolute atomic E-state index is 13.2. The predicted molar refractivity (Wildman–Crippen MR) is 162 cm³/mol. The van der Waals surface area contributed by atoms with Crippen molar-refractivity contribution in [2.45, 2.75) is 76.5 Å². The van der Waals surface area contributed by atoms with Crippen molar-refractivity contribution in [2.75, 3.05) is 13.1 Å². The number of amides is 2. The molecule has 2 atom stereocenters. The number of carbonyl (C=O) groups is 2. The summed E-state index contributed by atoms with van der Waals surface area (Å²) < 4.78 is 0. The molecule has 40 heavy (non-hydrogen) atoms. The largest absolute Gasteiger partial charge is 0.355 e. The van der Waals surface area contributed by atoms with Crippen molar-refractivity contribution in [1.29, 1.82) is 0 Å². The van der Waals surface area contributed by atoms with Crippen LogP contribution in [0.5, 0.6) is 0 Å². The Kier molecular flexibility index (Phi) is 12.2. The number of rotatable bonds is 4.